The van der Waals surface area contributed by atoms with Crippen LogP contribution in [0.1, 0.15) is 11.1 Å². The first kappa shape index (κ1) is 26.6. The molecule has 2 aromatic rings. The fraction of sp³-hybridized carbons (Fsp3) is 0.308. The topological polar surface area (TPSA) is 95.1 Å². The van der Waals surface area contributed by atoms with Crippen molar-refractivity contribution in [1.29, 1.82) is 0 Å². The number of benzene rings is 2. The van der Waals surface area contributed by atoms with Crippen molar-refractivity contribution >= 4 is 23.7 Å². The Balaban J connectivity index is 1.68. The van der Waals surface area contributed by atoms with Gasteiger partial charge in [0.15, 0.2) is 11.6 Å². The first-order chi connectivity index (χ1) is 16.5. The SMILES string of the molecule is COc1ccc(/C=C/C(=O)CNCCNCC(=O)/C=C/c2ccc(OC)cc2OC)c(OC)c1. The lowest BCUT2D eigenvalue weighted by atomic mass is 10.1. The molecule has 0 aliphatic carbocycles. The average Bonchev–Trinajstić information content (AvgIpc) is 2.87. The molecule has 0 saturated carbocycles. The van der Waals surface area contributed by atoms with Crippen molar-refractivity contribution in [2.45, 2.75) is 0 Å². The van der Waals surface area contributed by atoms with Crippen molar-refractivity contribution in [3.8, 4) is 23.0 Å². The van der Waals surface area contributed by atoms with E-state index in [0.717, 1.165) is 11.1 Å². The van der Waals surface area contributed by atoms with Crippen molar-refractivity contribution in [2.24, 2.45) is 0 Å². The van der Waals surface area contributed by atoms with Crippen LogP contribution in [0.2, 0.25) is 0 Å². The molecule has 0 aliphatic heterocycles. The van der Waals surface area contributed by atoms with Gasteiger partial charge in [-0.3, -0.25) is 9.59 Å². The second-order valence-corrected chi connectivity index (χ2v) is 7.17. The molecule has 0 saturated heterocycles. The van der Waals surface area contributed by atoms with Gasteiger partial charge in [-0.15, -0.1) is 0 Å². The fourth-order valence-corrected chi connectivity index (χ4v) is 3.00. The molecule has 0 fully saturated rings. The lowest BCUT2D eigenvalue weighted by Gasteiger charge is -2.07. The third-order valence-corrected chi connectivity index (χ3v) is 4.86. The molecule has 0 bridgehead atoms. The summed E-state index contributed by atoms with van der Waals surface area (Å²) in [5.41, 5.74) is 1.58. The molecule has 8 heteroatoms. The predicted molar refractivity (Wildman–Crippen MR) is 133 cm³/mol. The number of ether oxygens (including phenoxy) is 4. The van der Waals surface area contributed by atoms with E-state index in [0.29, 0.717) is 36.1 Å². The summed E-state index contributed by atoms with van der Waals surface area (Å²) in [6, 6.07) is 10.8. The standard InChI is InChI=1S/C26H32N2O6/c1-31-23-11-7-19(25(15-23)33-3)5-9-21(29)17-27-13-14-28-18-22(30)10-6-20-8-12-24(32-2)16-26(20)34-4/h5-12,15-16,27-28H,13-14,17-18H2,1-4H3/b9-5+,10-6+. The minimum atomic E-state index is -0.0645. The number of methoxy groups -OCH3 is 4. The molecule has 0 amide bonds. The van der Waals surface area contributed by atoms with Crippen molar-refractivity contribution < 1.29 is 28.5 Å². The molecule has 2 N–H and O–H groups in total. The van der Waals surface area contributed by atoms with Gasteiger partial charge >= 0.3 is 0 Å². The van der Waals surface area contributed by atoms with Gasteiger partial charge in [-0.25, -0.2) is 0 Å². The Morgan fingerprint density at radius 3 is 1.44 bits per heavy atom. The van der Waals surface area contributed by atoms with E-state index in [2.05, 4.69) is 10.6 Å². The summed E-state index contributed by atoms with van der Waals surface area (Å²) in [5, 5.41) is 6.11. The van der Waals surface area contributed by atoms with Gasteiger partial charge in [0, 0.05) is 36.3 Å². The molecule has 0 heterocycles. The quantitative estimate of drug-likeness (QED) is 0.304. The van der Waals surface area contributed by atoms with Crippen LogP contribution in [0.4, 0.5) is 0 Å². The van der Waals surface area contributed by atoms with Gasteiger partial charge in [-0.2, -0.15) is 0 Å². The molecule has 0 aromatic heterocycles. The van der Waals surface area contributed by atoms with Crippen LogP contribution >= 0.6 is 0 Å². The Bertz CT molecular complexity index is 935. The van der Waals surface area contributed by atoms with Crippen LogP contribution in [0.25, 0.3) is 12.2 Å². The normalized spacial score (nSPS) is 11.1. The first-order valence-electron chi connectivity index (χ1n) is 10.8. The molecule has 0 radical (unpaired) electrons. The van der Waals surface area contributed by atoms with Gasteiger partial charge in [-0.05, 0) is 48.6 Å². The van der Waals surface area contributed by atoms with Gasteiger partial charge in [0.2, 0.25) is 0 Å². The molecule has 2 rings (SSSR count). The molecular weight excluding hydrogens is 436 g/mol. The number of hydrogen-bond donors (Lipinski definition) is 2. The van der Waals surface area contributed by atoms with Gasteiger partial charge < -0.3 is 29.6 Å². The summed E-state index contributed by atoms with van der Waals surface area (Å²) in [4.78, 5) is 24.2. The summed E-state index contributed by atoms with van der Waals surface area (Å²) < 4.78 is 21.0. The van der Waals surface area contributed by atoms with Crippen molar-refractivity contribution in [1.82, 2.24) is 10.6 Å². The van der Waals surface area contributed by atoms with E-state index in [-0.39, 0.29) is 24.7 Å². The molecular formula is C26H32N2O6. The number of carbonyl (C=O) groups is 2. The Labute approximate surface area is 200 Å². The van der Waals surface area contributed by atoms with E-state index in [1.54, 1.807) is 64.9 Å². The number of rotatable bonds is 15. The number of nitrogens with one attached hydrogen (secondary N) is 2. The second kappa shape index (κ2) is 14.5. The summed E-state index contributed by atoms with van der Waals surface area (Å²) in [7, 11) is 6.31. The maximum Gasteiger partial charge on any atom is 0.169 e. The Kier molecular flexibility index (Phi) is 11.4. The van der Waals surface area contributed by atoms with Gasteiger partial charge in [0.1, 0.15) is 23.0 Å². The number of ketones is 2. The highest BCUT2D eigenvalue weighted by Gasteiger charge is 2.05. The van der Waals surface area contributed by atoms with Gasteiger partial charge in [0.25, 0.3) is 0 Å². The highest BCUT2D eigenvalue weighted by Crippen LogP contribution is 2.26. The zero-order valence-corrected chi connectivity index (χ0v) is 20.1. The first-order valence-corrected chi connectivity index (χ1v) is 10.8. The number of carbonyl (C=O) groups excluding carboxylic acids is 2. The van der Waals surface area contributed by atoms with E-state index in [1.165, 1.54) is 12.2 Å². The third kappa shape index (κ3) is 8.73. The fourth-order valence-electron chi connectivity index (χ4n) is 3.00. The summed E-state index contributed by atoms with van der Waals surface area (Å²) in [6.45, 7) is 1.49. The average molecular weight is 469 g/mol. The van der Waals surface area contributed by atoms with Crippen LogP contribution in [0.15, 0.2) is 48.6 Å². The summed E-state index contributed by atoms with van der Waals surface area (Å²) >= 11 is 0. The van der Waals surface area contributed by atoms with Crippen LogP contribution in [-0.4, -0.2) is 66.2 Å². The van der Waals surface area contributed by atoms with Crippen LogP contribution in [0.3, 0.4) is 0 Å². The molecule has 0 atom stereocenters. The third-order valence-electron chi connectivity index (χ3n) is 4.86. The van der Waals surface area contributed by atoms with E-state index in [9.17, 15) is 9.59 Å². The maximum atomic E-state index is 12.1. The van der Waals surface area contributed by atoms with Crippen LogP contribution in [-0.2, 0) is 9.59 Å². The highest BCUT2D eigenvalue weighted by molar-refractivity contribution is 5.96. The zero-order valence-electron chi connectivity index (χ0n) is 20.1. The molecule has 2 aromatic carbocycles. The van der Waals surface area contributed by atoms with Gasteiger partial charge in [0.05, 0.1) is 41.5 Å². The smallest absolute Gasteiger partial charge is 0.169 e. The summed E-state index contributed by atoms with van der Waals surface area (Å²) in [5.74, 6) is 2.50. The maximum absolute atomic E-state index is 12.1. The van der Waals surface area contributed by atoms with Crippen LogP contribution < -0.4 is 29.6 Å². The van der Waals surface area contributed by atoms with E-state index >= 15 is 0 Å². The van der Waals surface area contributed by atoms with Crippen LogP contribution in [0.5, 0.6) is 23.0 Å². The minimum absolute atomic E-state index is 0.0645. The monoisotopic (exact) mass is 468 g/mol. The highest BCUT2D eigenvalue weighted by atomic mass is 16.5. The van der Waals surface area contributed by atoms with E-state index in [1.807, 2.05) is 12.1 Å². The lowest BCUT2D eigenvalue weighted by Crippen LogP contribution is -2.32. The number of hydrogen-bond acceptors (Lipinski definition) is 8. The largest absolute Gasteiger partial charge is 0.497 e. The van der Waals surface area contributed by atoms with Crippen molar-refractivity contribution in [3.05, 3.63) is 59.7 Å². The molecule has 0 unspecified atom stereocenters. The van der Waals surface area contributed by atoms with Crippen molar-refractivity contribution in [3.63, 3.8) is 0 Å². The Morgan fingerprint density at radius 2 is 1.09 bits per heavy atom. The molecule has 8 nitrogen and oxygen atoms in total. The van der Waals surface area contributed by atoms with Crippen LogP contribution in [0, 0.1) is 0 Å². The molecule has 0 aliphatic rings. The minimum Gasteiger partial charge on any atom is -0.497 e. The second-order valence-electron chi connectivity index (χ2n) is 7.17. The summed E-state index contributed by atoms with van der Waals surface area (Å²) in [6.07, 6.45) is 6.44. The van der Waals surface area contributed by atoms with E-state index in [4.69, 9.17) is 18.9 Å². The molecule has 182 valence electrons. The molecule has 0 spiro atoms. The lowest BCUT2D eigenvalue weighted by molar-refractivity contribution is -0.114. The Morgan fingerprint density at radius 1 is 0.676 bits per heavy atom. The van der Waals surface area contributed by atoms with Gasteiger partial charge in [-0.1, -0.05) is 0 Å². The predicted octanol–water partition coefficient (Wildman–Crippen LogP) is 2.77. The van der Waals surface area contributed by atoms with E-state index < -0.39 is 0 Å². The zero-order chi connectivity index (χ0) is 24.8. The Hall–Kier alpha value is -3.62. The molecule has 34 heavy (non-hydrogen) atoms. The van der Waals surface area contributed by atoms with Crippen molar-refractivity contribution in [2.75, 3.05) is 54.6 Å².